The molecule has 16 heteroatoms. The van der Waals surface area contributed by atoms with Gasteiger partial charge in [-0.15, -0.1) is 10.2 Å². The number of benzene rings is 1. The number of nitrogens with one attached hydrogen (secondary N) is 2. The smallest absolute Gasteiger partial charge is 0.242 e. The Morgan fingerprint density at radius 1 is 1.25 bits per heavy atom. The maximum Gasteiger partial charge on any atom is 0.242 e. The number of aliphatic hydroxyl groups excluding tert-OH is 2. The van der Waals surface area contributed by atoms with Crippen LogP contribution in [0.15, 0.2) is 21.9 Å². The van der Waals surface area contributed by atoms with Gasteiger partial charge in [-0.3, -0.25) is 0 Å². The topological polar surface area (TPSA) is 231 Å². The Balaban J connectivity index is 2.18. The van der Waals surface area contributed by atoms with E-state index in [1.54, 1.807) is 0 Å². The molecule has 3 rings (SSSR count). The molecule has 1 aromatic carbocycles. The lowest BCUT2D eigenvalue weighted by Gasteiger charge is -2.34. The van der Waals surface area contributed by atoms with Gasteiger partial charge in [-0.2, -0.15) is 5.21 Å². The second-order valence-electron chi connectivity index (χ2n) is 7.42. The lowest BCUT2D eigenvalue weighted by atomic mass is 9.97. The number of rotatable bonds is 9. The Kier molecular flexibility index (Phi) is 7.43. The van der Waals surface area contributed by atoms with Crippen LogP contribution in [0.2, 0.25) is 0 Å². The summed E-state index contributed by atoms with van der Waals surface area (Å²) >= 11 is 0. The number of aromatic amines is 1. The fourth-order valence-corrected chi connectivity index (χ4v) is 6.19. The minimum atomic E-state index is -4.59. The summed E-state index contributed by atoms with van der Waals surface area (Å²) in [5.41, 5.74) is 5.56. The monoisotopic (exact) mass is 490 g/mol. The normalized spacial score (nSPS) is 16.9. The molecule has 1 unspecified atom stereocenters. The predicted octanol–water partition coefficient (Wildman–Crippen LogP) is -2.68. The number of aromatic nitrogens is 4. The Labute approximate surface area is 185 Å². The summed E-state index contributed by atoms with van der Waals surface area (Å²) in [6, 6.07) is 2.58. The van der Waals surface area contributed by atoms with E-state index in [2.05, 4.69) is 25.3 Å². The van der Waals surface area contributed by atoms with Crippen LogP contribution in [-0.2, 0) is 20.0 Å². The average Bonchev–Trinajstić information content (AvgIpc) is 3.30. The van der Waals surface area contributed by atoms with Crippen molar-refractivity contribution < 1.29 is 27.0 Å². The highest BCUT2D eigenvalue weighted by atomic mass is 32.2. The zero-order valence-corrected chi connectivity index (χ0v) is 18.7. The molecule has 0 spiro atoms. The molecule has 0 radical (unpaired) electrons. The molecule has 1 saturated heterocycles. The third kappa shape index (κ3) is 5.22. The van der Waals surface area contributed by atoms with E-state index in [-0.39, 0.29) is 30.5 Å². The molecule has 2 heterocycles. The Bertz CT molecular complexity index is 1130. The van der Waals surface area contributed by atoms with Gasteiger partial charge in [-0.05, 0) is 36.1 Å². The number of H-pyrrole nitrogens is 1. The van der Waals surface area contributed by atoms with Crippen LogP contribution in [0.5, 0.6) is 0 Å². The van der Waals surface area contributed by atoms with E-state index in [1.807, 2.05) is 4.90 Å². The van der Waals surface area contributed by atoms with Crippen LogP contribution in [0.4, 0.5) is 5.69 Å². The summed E-state index contributed by atoms with van der Waals surface area (Å²) in [7, 11) is -9.00. The Morgan fingerprint density at radius 3 is 2.47 bits per heavy atom. The molecular formula is C16H26N8O6S2. The van der Waals surface area contributed by atoms with Crippen LogP contribution in [0.3, 0.4) is 0 Å². The van der Waals surface area contributed by atoms with E-state index < -0.39 is 42.5 Å². The van der Waals surface area contributed by atoms with Crippen LogP contribution in [-0.4, -0.2) is 86.6 Å². The van der Waals surface area contributed by atoms with Crippen LogP contribution in [0.1, 0.15) is 12.8 Å². The molecule has 1 atom stereocenters. The molecular weight excluding hydrogens is 464 g/mol. The first-order valence-electron chi connectivity index (χ1n) is 9.75. The first-order chi connectivity index (χ1) is 15.1. The number of nitrogens with zero attached hydrogens (tertiary/aromatic N) is 4. The van der Waals surface area contributed by atoms with Gasteiger partial charge in [0.05, 0.1) is 11.7 Å². The van der Waals surface area contributed by atoms with Gasteiger partial charge < -0.3 is 20.8 Å². The second kappa shape index (κ2) is 9.74. The summed E-state index contributed by atoms with van der Waals surface area (Å²) in [4.78, 5) is 0.558. The highest BCUT2D eigenvalue weighted by Crippen LogP contribution is 2.39. The minimum Gasteiger partial charge on any atom is -0.396 e. The van der Waals surface area contributed by atoms with Gasteiger partial charge in [0, 0.05) is 38.5 Å². The average molecular weight is 491 g/mol. The number of aliphatic hydroxyl groups is 2. The molecule has 1 aliphatic heterocycles. The summed E-state index contributed by atoms with van der Waals surface area (Å²) in [6.45, 7) is 0.421. The van der Waals surface area contributed by atoms with Crippen molar-refractivity contribution in [1.82, 2.24) is 25.3 Å². The number of piperidine rings is 1. The number of primary sulfonamides is 1. The van der Waals surface area contributed by atoms with E-state index in [0.29, 0.717) is 31.6 Å². The highest BCUT2D eigenvalue weighted by Gasteiger charge is 2.34. The number of sulfonamides is 2. The van der Waals surface area contributed by atoms with Gasteiger partial charge in [0.2, 0.25) is 25.9 Å². The summed E-state index contributed by atoms with van der Waals surface area (Å²) in [5, 5.41) is 37.8. The molecule has 0 bridgehead atoms. The van der Waals surface area contributed by atoms with Crippen molar-refractivity contribution in [3.8, 4) is 11.4 Å². The zero-order valence-electron chi connectivity index (χ0n) is 17.0. The number of hydrogen-bond acceptors (Lipinski definition) is 11. The molecule has 32 heavy (non-hydrogen) atoms. The lowest BCUT2D eigenvalue weighted by Crippen LogP contribution is -2.37. The Morgan fingerprint density at radius 2 is 1.94 bits per heavy atom. The van der Waals surface area contributed by atoms with Crippen molar-refractivity contribution in [2.75, 3.05) is 37.7 Å². The number of nitrogens with two attached hydrogens (primary N) is 2. The first-order valence-corrected chi connectivity index (χ1v) is 12.8. The molecule has 1 fully saturated rings. The van der Waals surface area contributed by atoms with Crippen molar-refractivity contribution in [1.29, 1.82) is 0 Å². The first kappa shape index (κ1) is 24.4. The van der Waals surface area contributed by atoms with Gasteiger partial charge in [0.25, 0.3) is 0 Å². The van der Waals surface area contributed by atoms with Crippen LogP contribution in [0.25, 0.3) is 11.4 Å². The van der Waals surface area contributed by atoms with Gasteiger partial charge in [-0.1, -0.05) is 0 Å². The molecule has 2 aromatic rings. The molecule has 0 amide bonds. The van der Waals surface area contributed by atoms with Crippen molar-refractivity contribution in [2.45, 2.75) is 28.7 Å². The zero-order chi connectivity index (χ0) is 23.5. The molecule has 14 nitrogen and oxygen atoms in total. The number of tetrazole rings is 1. The standard InChI is InChI=1S/C16H26N8O6S2/c17-7-11(26)8-19-32(29,30)13-2-1-12(24-5-3-10(9-25)4-6-24)14(15(13)31(18,27)28)16-20-22-23-21-16/h1-2,10-11,19,25-26H,3-9,17H2,(H2,18,27,28)(H,20,21,22,23). The third-order valence-corrected chi connectivity index (χ3v) is 7.83. The van der Waals surface area contributed by atoms with E-state index >= 15 is 0 Å². The lowest BCUT2D eigenvalue weighted by molar-refractivity contribution is 0.186. The Hall–Kier alpha value is -2.21. The van der Waals surface area contributed by atoms with Crippen molar-refractivity contribution in [3.05, 3.63) is 12.1 Å². The van der Waals surface area contributed by atoms with Crippen LogP contribution >= 0.6 is 0 Å². The third-order valence-electron chi connectivity index (χ3n) is 5.24. The summed E-state index contributed by atoms with van der Waals surface area (Å²) < 4.78 is 53.2. The van der Waals surface area contributed by atoms with Gasteiger partial charge in [0.15, 0.2) is 0 Å². The SMILES string of the molecule is NCC(O)CNS(=O)(=O)c1ccc(N2CCC(CO)CC2)c(-c2nn[nH]n2)c1S(N)(=O)=O. The van der Waals surface area contributed by atoms with Gasteiger partial charge >= 0.3 is 0 Å². The van der Waals surface area contributed by atoms with E-state index in [1.165, 1.54) is 6.07 Å². The maximum atomic E-state index is 12.9. The fraction of sp³-hybridized carbons (Fsp3) is 0.562. The van der Waals surface area contributed by atoms with Crippen LogP contribution in [0, 0.1) is 5.92 Å². The summed E-state index contributed by atoms with van der Waals surface area (Å²) in [5.74, 6) is -0.0252. The molecule has 8 N–H and O–H groups in total. The van der Waals surface area contributed by atoms with Crippen molar-refractivity contribution >= 4 is 25.7 Å². The van der Waals surface area contributed by atoms with E-state index in [0.717, 1.165) is 6.07 Å². The predicted molar refractivity (Wildman–Crippen MR) is 113 cm³/mol. The van der Waals surface area contributed by atoms with Crippen molar-refractivity contribution in [2.24, 2.45) is 16.8 Å². The van der Waals surface area contributed by atoms with Gasteiger partial charge in [0.1, 0.15) is 9.79 Å². The maximum absolute atomic E-state index is 12.9. The largest absolute Gasteiger partial charge is 0.396 e. The molecule has 0 saturated carbocycles. The molecule has 1 aliphatic rings. The molecule has 178 valence electrons. The van der Waals surface area contributed by atoms with E-state index in [4.69, 9.17) is 10.9 Å². The molecule has 1 aromatic heterocycles. The van der Waals surface area contributed by atoms with Crippen molar-refractivity contribution in [3.63, 3.8) is 0 Å². The quantitative estimate of drug-likeness (QED) is 0.212. The highest BCUT2D eigenvalue weighted by molar-refractivity contribution is 7.92. The molecule has 0 aliphatic carbocycles. The minimum absolute atomic E-state index is 0.0471. The van der Waals surface area contributed by atoms with Crippen LogP contribution < -0.4 is 20.5 Å². The fourth-order valence-electron chi connectivity index (χ4n) is 3.52. The number of anilines is 1. The number of hydrogen-bond donors (Lipinski definition) is 6. The summed E-state index contributed by atoms with van der Waals surface area (Å²) in [6.07, 6.45) is 0.156. The van der Waals surface area contributed by atoms with E-state index in [9.17, 15) is 27.0 Å². The van der Waals surface area contributed by atoms with Gasteiger partial charge in [-0.25, -0.2) is 26.7 Å². The second-order valence-corrected chi connectivity index (χ2v) is 10.7.